The highest BCUT2D eigenvalue weighted by molar-refractivity contribution is 6.33. The lowest BCUT2D eigenvalue weighted by molar-refractivity contribution is -0.126. The average Bonchev–Trinajstić information content (AvgIpc) is 2.80. The monoisotopic (exact) mass is 525 g/mol. The topological polar surface area (TPSA) is 108 Å². The highest BCUT2D eigenvalue weighted by Gasteiger charge is 2.27. The van der Waals surface area contributed by atoms with Crippen molar-refractivity contribution in [3.05, 3.63) is 34.3 Å². The normalized spacial score (nSPS) is 11.7. The number of carbonyl (C=O) groups is 2. The molecule has 2 rings (SSSR count). The van der Waals surface area contributed by atoms with Gasteiger partial charge in [0.2, 0.25) is 6.04 Å². The number of anilines is 1. The van der Waals surface area contributed by atoms with E-state index in [2.05, 4.69) is 15.5 Å². The Labute approximate surface area is 214 Å². The molecule has 190 valence electrons. The third-order valence-corrected chi connectivity index (χ3v) is 5.01. The van der Waals surface area contributed by atoms with Gasteiger partial charge < -0.3 is 24.3 Å². The smallest absolute Gasteiger partial charge is 0.259 e. The van der Waals surface area contributed by atoms with Gasteiger partial charge in [-0.15, -0.1) is 5.11 Å². The number of hydrogen-bond donors (Lipinski definition) is 1. The molecule has 1 unspecified atom stereocenters. The molecule has 0 fully saturated rings. The van der Waals surface area contributed by atoms with Crippen LogP contribution < -0.4 is 24.3 Å². The molecule has 0 heterocycles. The Kier molecular flexibility index (Phi) is 11.1. The van der Waals surface area contributed by atoms with Gasteiger partial charge >= 0.3 is 0 Å². The number of rotatable bonds is 13. The number of benzene rings is 2. The SMILES string of the molecule is CCOc1cc(Cl)c(N=NC(C(C)=O)C(=O)Nc2c(OCC)ccc(Cl)c2OCC)c(OCC)c1. The quantitative estimate of drug-likeness (QED) is 0.244. The van der Waals surface area contributed by atoms with E-state index < -0.39 is 17.7 Å². The van der Waals surface area contributed by atoms with Gasteiger partial charge in [-0.3, -0.25) is 9.59 Å². The Morgan fingerprint density at radius 1 is 0.886 bits per heavy atom. The maximum atomic E-state index is 13.1. The Morgan fingerprint density at radius 2 is 1.51 bits per heavy atom. The Hall–Kier alpha value is -3.04. The van der Waals surface area contributed by atoms with Crippen LogP contribution in [0.5, 0.6) is 23.0 Å². The molecule has 0 saturated carbocycles. The number of ether oxygens (including phenoxy) is 4. The van der Waals surface area contributed by atoms with Crippen molar-refractivity contribution in [1.29, 1.82) is 0 Å². The van der Waals surface area contributed by atoms with E-state index in [4.69, 9.17) is 42.1 Å². The minimum atomic E-state index is -1.48. The van der Waals surface area contributed by atoms with Crippen LogP contribution in [0.3, 0.4) is 0 Å². The second-order valence-electron chi connectivity index (χ2n) is 6.95. The minimum Gasteiger partial charge on any atom is -0.494 e. The summed E-state index contributed by atoms with van der Waals surface area (Å²) in [6.45, 7) is 9.84. The molecule has 11 heteroatoms. The van der Waals surface area contributed by atoms with Crippen molar-refractivity contribution in [2.45, 2.75) is 40.7 Å². The molecule has 0 aliphatic rings. The molecule has 2 aromatic carbocycles. The fourth-order valence-electron chi connectivity index (χ4n) is 3.01. The van der Waals surface area contributed by atoms with Crippen LogP contribution in [0.15, 0.2) is 34.5 Å². The van der Waals surface area contributed by atoms with Gasteiger partial charge in [-0.05, 0) is 46.8 Å². The predicted molar refractivity (Wildman–Crippen MR) is 135 cm³/mol. The maximum Gasteiger partial charge on any atom is 0.259 e. The number of Topliss-reactive ketones (excluding diaryl/α,β-unsaturated/α-hetero) is 1. The Bertz CT molecular complexity index is 1080. The summed E-state index contributed by atoms with van der Waals surface area (Å²) in [5.41, 5.74) is 0.366. The van der Waals surface area contributed by atoms with E-state index in [1.54, 1.807) is 45.0 Å². The van der Waals surface area contributed by atoms with E-state index in [1.165, 1.54) is 6.92 Å². The first-order valence-corrected chi connectivity index (χ1v) is 11.9. The summed E-state index contributed by atoms with van der Waals surface area (Å²) in [6, 6.07) is 4.89. The molecule has 9 nitrogen and oxygen atoms in total. The van der Waals surface area contributed by atoms with Crippen molar-refractivity contribution >= 4 is 46.3 Å². The molecule has 1 atom stereocenters. The number of nitrogens with zero attached hydrogens (tertiary/aromatic N) is 2. The number of nitrogens with one attached hydrogen (secondary N) is 1. The summed E-state index contributed by atoms with van der Waals surface area (Å²) in [6.07, 6.45) is 0. The molecule has 2 aromatic rings. The first-order chi connectivity index (χ1) is 16.8. The lowest BCUT2D eigenvalue weighted by Crippen LogP contribution is -2.32. The van der Waals surface area contributed by atoms with E-state index in [1.807, 2.05) is 6.92 Å². The molecular weight excluding hydrogens is 497 g/mol. The zero-order valence-electron chi connectivity index (χ0n) is 20.3. The number of ketones is 1. The van der Waals surface area contributed by atoms with E-state index in [0.717, 1.165) is 0 Å². The largest absolute Gasteiger partial charge is 0.494 e. The van der Waals surface area contributed by atoms with E-state index in [-0.39, 0.29) is 27.2 Å². The zero-order chi connectivity index (χ0) is 26.0. The van der Waals surface area contributed by atoms with E-state index in [0.29, 0.717) is 43.7 Å². The van der Waals surface area contributed by atoms with E-state index >= 15 is 0 Å². The van der Waals surface area contributed by atoms with Gasteiger partial charge in [-0.1, -0.05) is 23.2 Å². The van der Waals surface area contributed by atoms with Gasteiger partial charge in [0.05, 0.1) is 36.5 Å². The van der Waals surface area contributed by atoms with Crippen LogP contribution in [0.4, 0.5) is 11.4 Å². The molecule has 0 aliphatic carbocycles. The molecule has 1 amide bonds. The van der Waals surface area contributed by atoms with Crippen LogP contribution >= 0.6 is 23.2 Å². The molecule has 35 heavy (non-hydrogen) atoms. The number of halogens is 2. The first-order valence-electron chi connectivity index (χ1n) is 11.2. The number of azo groups is 1. The number of amides is 1. The molecule has 0 aromatic heterocycles. The van der Waals surface area contributed by atoms with Crippen LogP contribution in [-0.4, -0.2) is 44.2 Å². The van der Waals surface area contributed by atoms with Gasteiger partial charge in [-0.25, -0.2) is 0 Å². The summed E-state index contributed by atoms with van der Waals surface area (Å²) in [7, 11) is 0. The highest BCUT2D eigenvalue weighted by atomic mass is 35.5. The fourth-order valence-corrected chi connectivity index (χ4v) is 3.46. The molecule has 1 N–H and O–H groups in total. The summed E-state index contributed by atoms with van der Waals surface area (Å²) in [4.78, 5) is 25.4. The predicted octanol–water partition coefficient (Wildman–Crippen LogP) is 6.27. The molecule has 0 spiro atoms. The van der Waals surface area contributed by atoms with Gasteiger partial charge in [0, 0.05) is 12.1 Å². The fraction of sp³-hybridized carbons (Fsp3) is 0.417. The van der Waals surface area contributed by atoms with Crippen LogP contribution in [0.1, 0.15) is 34.6 Å². The summed E-state index contributed by atoms with van der Waals surface area (Å²) < 4.78 is 22.3. The van der Waals surface area contributed by atoms with Crippen molar-refractivity contribution in [2.24, 2.45) is 10.2 Å². The van der Waals surface area contributed by atoms with Crippen molar-refractivity contribution < 1.29 is 28.5 Å². The van der Waals surface area contributed by atoms with Crippen LogP contribution in [0.2, 0.25) is 10.0 Å². The van der Waals surface area contributed by atoms with Crippen LogP contribution in [0, 0.1) is 0 Å². The second-order valence-corrected chi connectivity index (χ2v) is 7.77. The van der Waals surface area contributed by atoms with Crippen molar-refractivity contribution in [3.8, 4) is 23.0 Å². The van der Waals surface area contributed by atoms with Crippen molar-refractivity contribution in [3.63, 3.8) is 0 Å². The Balaban J connectivity index is 2.43. The number of carbonyl (C=O) groups excluding carboxylic acids is 2. The number of hydrogen-bond acceptors (Lipinski definition) is 8. The minimum absolute atomic E-state index is 0.170. The summed E-state index contributed by atoms with van der Waals surface area (Å²) >= 11 is 12.6. The summed E-state index contributed by atoms with van der Waals surface area (Å²) in [5, 5.41) is 11.2. The van der Waals surface area contributed by atoms with E-state index in [9.17, 15) is 9.59 Å². The van der Waals surface area contributed by atoms with Crippen LogP contribution in [-0.2, 0) is 9.59 Å². The average molecular weight is 526 g/mol. The third kappa shape index (κ3) is 7.47. The molecule has 0 saturated heterocycles. The van der Waals surface area contributed by atoms with Gasteiger partial charge in [0.1, 0.15) is 22.9 Å². The third-order valence-electron chi connectivity index (χ3n) is 4.43. The lowest BCUT2D eigenvalue weighted by atomic mass is 10.2. The first kappa shape index (κ1) is 28.2. The van der Waals surface area contributed by atoms with Crippen molar-refractivity contribution in [1.82, 2.24) is 0 Å². The van der Waals surface area contributed by atoms with Gasteiger partial charge in [-0.2, -0.15) is 5.11 Å². The standard InChI is InChI=1S/C24H29Cl2N3O6/c1-6-32-15-12-17(26)21(19(13-15)34-8-3)29-28-20(14(5)30)24(31)27-22-18(33-7-2)11-10-16(25)23(22)35-9-4/h10-13,20H,6-9H2,1-5H3,(H,27,31). The molecule has 0 bridgehead atoms. The highest BCUT2D eigenvalue weighted by Crippen LogP contribution is 2.42. The Morgan fingerprint density at radius 3 is 2.11 bits per heavy atom. The van der Waals surface area contributed by atoms with Gasteiger partial charge in [0.15, 0.2) is 17.3 Å². The zero-order valence-corrected chi connectivity index (χ0v) is 21.8. The second kappa shape index (κ2) is 13.7. The maximum absolute atomic E-state index is 13.1. The van der Waals surface area contributed by atoms with Crippen molar-refractivity contribution in [2.75, 3.05) is 31.7 Å². The van der Waals surface area contributed by atoms with Crippen LogP contribution in [0.25, 0.3) is 0 Å². The lowest BCUT2D eigenvalue weighted by Gasteiger charge is -2.18. The molecular formula is C24H29Cl2N3O6. The van der Waals surface area contributed by atoms with Gasteiger partial charge in [0.25, 0.3) is 5.91 Å². The molecule has 0 aliphatic heterocycles. The molecule has 0 radical (unpaired) electrons. The summed E-state index contributed by atoms with van der Waals surface area (Å²) in [5.74, 6) is 0.0762.